The van der Waals surface area contributed by atoms with E-state index in [0.29, 0.717) is 34.8 Å². The molecular weight excluding hydrogens is 394 g/mol. The molecule has 0 aliphatic rings. The molecule has 0 saturated carbocycles. The Morgan fingerprint density at radius 3 is 2.29 bits per heavy atom. The number of benzene rings is 3. The van der Waals surface area contributed by atoms with Crippen LogP contribution in [0.1, 0.15) is 33.2 Å². The van der Waals surface area contributed by atoms with Crippen LogP contribution in [0.25, 0.3) is 0 Å². The second-order valence-electron chi connectivity index (χ2n) is 6.76. The van der Waals surface area contributed by atoms with Crippen molar-refractivity contribution in [2.45, 2.75) is 13.3 Å². The fourth-order valence-electron chi connectivity index (χ4n) is 2.92. The van der Waals surface area contributed by atoms with Gasteiger partial charge in [0.1, 0.15) is 0 Å². The molecule has 0 bridgehead atoms. The third-order valence-electron chi connectivity index (χ3n) is 4.47. The van der Waals surface area contributed by atoms with E-state index in [0.717, 1.165) is 5.56 Å². The van der Waals surface area contributed by atoms with E-state index in [2.05, 4.69) is 10.6 Å². The van der Waals surface area contributed by atoms with Gasteiger partial charge in [0.2, 0.25) is 5.91 Å². The standard InChI is InChI=1S/C24H23N3O4/c1-2-31-24(30)16-10-12-19(13-11-16)27-23(29)18-7-5-8-20(14-18)26-22(28)15-17-6-3-4-9-21(17)25/h3-14H,2,15,25H2,1H3,(H,26,28)(H,27,29). The second-order valence-corrected chi connectivity index (χ2v) is 6.76. The minimum Gasteiger partial charge on any atom is -0.462 e. The number of hydrogen-bond acceptors (Lipinski definition) is 5. The third-order valence-corrected chi connectivity index (χ3v) is 4.47. The Morgan fingerprint density at radius 1 is 0.839 bits per heavy atom. The molecule has 0 heterocycles. The summed E-state index contributed by atoms with van der Waals surface area (Å²) in [5.41, 5.74) is 9.00. The van der Waals surface area contributed by atoms with Gasteiger partial charge in [0.25, 0.3) is 5.91 Å². The molecule has 0 aliphatic carbocycles. The molecule has 0 spiro atoms. The van der Waals surface area contributed by atoms with Crippen LogP contribution in [-0.2, 0) is 16.0 Å². The predicted octanol–water partition coefficient (Wildman–Crippen LogP) is 3.88. The summed E-state index contributed by atoms with van der Waals surface area (Å²) in [5.74, 6) is -0.988. The summed E-state index contributed by atoms with van der Waals surface area (Å²) in [6.07, 6.45) is 0.135. The van der Waals surface area contributed by atoms with Gasteiger partial charge in [-0.05, 0) is 61.0 Å². The van der Waals surface area contributed by atoms with Gasteiger partial charge in [-0.15, -0.1) is 0 Å². The normalized spacial score (nSPS) is 10.2. The van der Waals surface area contributed by atoms with E-state index < -0.39 is 5.97 Å². The van der Waals surface area contributed by atoms with Gasteiger partial charge in [0.05, 0.1) is 18.6 Å². The molecule has 0 aromatic heterocycles. The lowest BCUT2D eigenvalue weighted by molar-refractivity contribution is -0.115. The molecular formula is C24H23N3O4. The van der Waals surface area contributed by atoms with Crippen LogP contribution < -0.4 is 16.4 Å². The zero-order chi connectivity index (χ0) is 22.2. The average Bonchev–Trinajstić information content (AvgIpc) is 2.76. The van der Waals surface area contributed by atoms with E-state index in [1.807, 2.05) is 12.1 Å². The quantitative estimate of drug-likeness (QED) is 0.399. The molecule has 0 radical (unpaired) electrons. The van der Waals surface area contributed by atoms with E-state index in [-0.39, 0.29) is 18.2 Å². The number of carbonyl (C=O) groups excluding carboxylic acids is 3. The fraction of sp³-hybridized carbons (Fsp3) is 0.125. The number of para-hydroxylation sites is 1. The molecule has 3 rings (SSSR count). The maximum absolute atomic E-state index is 12.6. The van der Waals surface area contributed by atoms with Crippen LogP contribution in [0, 0.1) is 0 Å². The highest BCUT2D eigenvalue weighted by atomic mass is 16.5. The molecule has 0 saturated heterocycles. The van der Waals surface area contributed by atoms with Gasteiger partial charge in [0.15, 0.2) is 0 Å². The minimum absolute atomic E-state index is 0.135. The first-order chi connectivity index (χ1) is 15.0. The number of esters is 1. The first kappa shape index (κ1) is 21.6. The van der Waals surface area contributed by atoms with Crippen molar-refractivity contribution in [1.82, 2.24) is 0 Å². The highest BCUT2D eigenvalue weighted by Crippen LogP contribution is 2.16. The Bertz CT molecular complexity index is 1090. The van der Waals surface area contributed by atoms with Crippen molar-refractivity contribution >= 4 is 34.8 Å². The summed E-state index contributed by atoms with van der Waals surface area (Å²) < 4.78 is 4.94. The fourth-order valence-corrected chi connectivity index (χ4v) is 2.92. The molecule has 4 N–H and O–H groups in total. The Balaban J connectivity index is 1.62. The molecule has 2 amide bonds. The van der Waals surface area contributed by atoms with Gasteiger partial charge in [-0.3, -0.25) is 9.59 Å². The average molecular weight is 417 g/mol. The lowest BCUT2D eigenvalue weighted by Crippen LogP contribution is -2.16. The number of amides is 2. The van der Waals surface area contributed by atoms with Crippen LogP contribution in [0.15, 0.2) is 72.8 Å². The second kappa shape index (κ2) is 10.1. The van der Waals surface area contributed by atoms with Crippen molar-refractivity contribution in [3.05, 3.63) is 89.5 Å². The van der Waals surface area contributed by atoms with Gasteiger partial charge in [-0.2, -0.15) is 0 Å². The van der Waals surface area contributed by atoms with Crippen molar-refractivity contribution in [3.63, 3.8) is 0 Å². The first-order valence-corrected chi connectivity index (χ1v) is 9.78. The lowest BCUT2D eigenvalue weighted by Gasteiger charge is -2.10. The number of hydrogen-bond donors (Lipinski definition) is 3. The summed E-state index contributed by atoms with van der Waals surface area (Å²) in [6, 6.07) is 20.2. The van der Waals surface area contributed by atoms with Crippen molar-refractivity contribution < 1.29 is 19.1 Å². The van der Waals surface area contributed by atoms with Crippen molar-refractivity contribution in [3.8, 4) is 0 Å². The Hall–Kier alpha value is -4.13. The molecule has 3 aromatic rings. The van der Waals surface area contributed by atoms with Gasteiger partial charge < -0.3 is 21.1 Å². The highest BCUT2D eigenvalue weighted by Gasteiger charge is 2.11. The van der Waals surface area contributed by atoms with Gasteiger partial charge >= 0.3 is 5.97 Å². The van der Waals surface area contributed by atoms with Crippen LogP contribution in [0.3, 0.4) is 0 Å². The number of nitrogens with two attached hydrogens (primary N) is 1. The maximum atomic E-state index is 12.6. The van der Waals surface area contributed by atoms with E-state index >= 15 is 0 Å². The van der Waals surface area contributed by atoms with E-state index in [1.165, 1.54) is 0 Å². The monoisotopic (exact) mass is 417 g/mol. The van der Waals surface area contributed by atoms with Crippen molar-refractivity contribution in [1.29, 1.82) is 0 Å². The van der Waals surface area contributed by atoms with E-state index in [4.69, 9.17) is 10.5 Å². The van der Waals surface area contributed by atoms with Gasteiger partial charge in [0, 0.05) is 22.6 Å². The van der Waals surface area contributed by atoms with Crippen molar-refractivity contribution in [2.24, 2.45) is 0 Å². The zero-order valence-electron chi connectivity index (χ0n) is 17.1. The van der Waals surface area contributed by atoms with E-state index in [9.17, 15) is 14.4 Å². The van der Waals surface area contributed by atoms with Crippen LogP contribution >= 0.6 is 0 Å². The Kier molecular flexibility index (Phi) is 7.01. The van der Waals surface area contributed by atoms with E-state index in [1.54, 1.807) is 67.6 Å². The van der Waals surface area contributed by atoms with Crippen molar-refractivity contribution in [2.75, 3.05) is 23.0 Å². The minimum atomic E-state index is -0.416. The summed E-state index contributed by atoms with van der Waals surface area (Å²) >= 11 is 0. The number of ether oxygens (including phenoxy) is 1. The van der Waals surface area contributed by atoms with Crippen LogP contribution in [0.5, 0.6) is 0 Å². The first-order valence-electron chi connectivity index (χ1n) is 9.78. The molecule has 0 aliphatic heterocycles. The van der Waals surface area contributed by atoms with Gasteiger partial charge in [-0.25, -0.2) is 4.79 Å². The molecule has 0 atom stereocenters. The van der Waals surface area contributed by atoms with Crippen LogP contribution in [0.4, 0.5) is 17.1 Å². The molecule has 7 heteroatoms. The maximum Gasteiger partial charge on any atom is 0.338 e. The number of nitrogens with one attached hydrogen (secondary N) is 2. The Morgan fingerprint density at radius 2 is 1.58 bits per heavy atom. The third kappa shape index (κ3) is 5.93. The summed E-state index contributed by atoms with van der Waals surface area (Å²) in [5, 5.41) is 5.55. The number of nitrogen functional groups attached to an aromatic ring is 1. The molecule has 0 fully saturated rings. The lowest BCUT2D eigenvalue weighted by atomic mass is 10.1. The zero-order valence-corrected chi connectivity index (χ0v) is 17.1. The molecule has 158 valence electrons. The summed E-state index contributed by atoms with van der Waals surface area (Å²) in [4.78, 5) is 36.6. The number of rotatable bonds is 7. The van der Waals surface area contributed by atoms with Crippen LogP contribution in [-0.4, -0.2) is 24.4 Å². The van der Waals surface area contributed by atoms with Gasteiger partial charge in [-0.1, -0.05) is 24.3 Å². The Labute approximate surface area is 180 Å². The predicted molar refractivity (Wildman–Crippen MR) is 120 cm³/mol. The smallest absolute Gasteiger partial charge is 0.338 e. The summed E-state index contributed by atoms with van der Waals surface area (Å²) in [7, 11) is 0. The molecule has 0 unspecified atom stereocenters. The summed E-state index contributed by atoms with van der Waals surface area (Å²) in [6.45, 7) is 2.03. The number of carbonyl (C=O) groups is 3. The largest absolute Gasteiger partial charge is 0.462 e. The molecule has 3 aromatic carbocycles. The topological polar surface area (TPSA) is 111 Å². The highest BCUT2D eigenvalue weighted by molar-refractivity contribution is 6.05. The molecule has 31 heavy (non-hydrogen) atoms. The van der Waals surface area contributed by atoms with Crippen LogP contribution in [0.2, 0.25) is 0 Å². The number of anilines is 3. The molecule has 7 nitrogen and oxygen atoms in total. The SMILES string of the molecule is CCOC(=O)c1ccc(NC(=O)c2cccc(NC(=O)Cc3ccccc3N)c2)cc1.